The highest BCUT2D eigenvalue weighted by atomic mass is 16.6. The van der Waals surface area contributed by atoms with Crippen molar-refractivity contribution in [3.63, 3.8) is 0 Å². The molecule has 9 heteroatoms. The lowest BCUT2D eigenvalue weighted by Gasteiger charge is -2.34. The molecule has 3 aromatic rings. The minimum absolute atomic E-state index is 0.0686. The Kier molecular flexibility index (Phi) is 6.61. The molecule has 1 saturated carbocycles. The molecule has 37 heavy (non-hydrogen) atoms. The second-order valence-electron chi connectivity index (χ2n) is 11.4. The van der Waals surface area contributed by atoms with Gasteiger partial charge in [0.2, 0.25) is 0 Å². The van der Waals surface area contributed by atoms with E-state index in [0.717, 1.165) is 29.7 Å². The summed E-state index contributed by atoms with van der Waals surface area (Å²) in [4.78, 5) is 14.5. The Labute approximate surface area is 218 Å². The third-order valence-corrected chi connectivity index (χ3v) is 7.57. The molecular weight excluding hydrogens is 468 g/mol. The molecule has 5 rings (SSSR count). The maximum Gasteiger partial charge on any atom is 0.410 e. The standard InChI is InChI=1S/C28H36N6O3/c1-18-24(15-31-34(18)23-10-7-11-32(17-23)27(35)37-28(3,4)5)21-12-25(36-19(2)20-8-6-9-20)26-22(13-29)14-30-33(26)16-21/h12,14-16,19-20,23H,6-11,17H2,1-5H3/t19-,23?/m1/s1. The van der Waals surface area contributed by atoms with Crippen LogP contribution < -0.4 is 4.74 Å². The zero-order valence-electron chi connectivity index (χ0n) is 22.4. The molecule has 9 nitrogen and oxygen atoms in total. The van der Waals surface area contributed by atoms with Crippen LogP contribution in [0.4, 0.5) is 4.79 Å². The molecule has 0 N–H and O–H groups in total. The summed E-state index contributed by atoms with van der Waals surface area (Å²) in [7, 11) is 0. The van der Waals surface area contributed by atoms with Gasteiger partial charge in [-0.2, -0.15) is 15.5 Å². The fraction of sp³-hybridized carbons (Fsp3) is 0.571. The number of hydrogen-bond acceptors (Lipinski definition) is 6. The molecule has 4 heterocycles. The Morgan fingerprint density at radius 1 is 1.19 bits per heavy atom. The van der Waals surface area contributed by atoms with Gasteiger partial charge in [-0.25, -0.2) is 9.31 Å². The lowest BCUT2D eigenvalue weighted by molar-refractivity contribution is 0.0166. The molecule has 0 aromatic carbocycles. The SMILES string of the molecule is Cc1c(-c2cc(O[C@H](C)C3CCC3)c3c(C#N)cnn3c2)cnn1C1CCCN(C(=O)OC(C)(C)C)C1. The summed E-state index contributed by atoms with van der Waals surface area (Å²) in [5.74, 6) is 1.22. The lowest BCUT2D eigenvalue weighted by Crippen LogP contribution is -2.43. The van der Waals surface area contributed by atoms with Crippen LogP contribution in [0.3, 0.4) is 0 Å². The average Bonchev–Trinajstić information content (AvgIpc) is 3.40. The Balaban J connectivity index is 1.44. The third-order valence-electron chi connectivity index (χ3n) is 7.57. The van der Waals surface area contributed by atoms with Crippen molar-refractivity contribution in [2.45, 2.75) is 84.5 Å². The summed E-state index contributed by atoms with van der Waals surface area (Å²) < 4.78 is 15.8. The van der Waals surface area contributed by atoms with Crippen LogP contribution in [0.1, 0.15) is 77.1 Å². The van der Waals surface area contributed by atoms with E-state index >= 15 is 0 Å². The van der Waals surface area contributed by atoms with Gasteiger partial charge in [-0.3, -0.25) is 4.68 Å². The van der Waals surface area contributed by atoms with Crippen LogP contribution in [0.5, 0.6) is 5.75 Å². The molecular formula is C28H36N6O3. The van der Waals surface area contributed by atoms with Crippen LogP contribution in [0.25, 0.3) is 16.6 Å². The van der Waals surface area contributed by atoms with Gasteiger partial charge in [-0.15, -0.1) is 0 Å². The second kappa shape index (κ2) is 9.73. The van der Waals surface area contributed by atoms with Gasteiger partial charge >= 0.3 is 6.09 Å². The van der Waals surface area contributed by atoms with Crippen molar-refractivity contribution in [2.24, 2.45) is 5.92 Å². The van der Waals surface area contributed by atoms with Crippen molar-refractivity contribution < 1.29 is 14.3 Å². The molecule has 3 aromatic heterocycles. The smallest absolute Gasteiger partial charge is 0.410 e. The summed E-state index contributed by atoms with van der Waals surface area (Å²) in [6, 6.07) is 4.32. The van der Waals surface area contributed by atoms with Crippen molar-refractivity contribution in [2.75, 3.05) is 13.1 Å². The van der Waals surface area contributed by atoms with Crippen molar-refractivity contribution in [1.82, 2.24) is 24.3 Å². The normalized spacial score (nSPS) is 19.4. The van der Waals surface area contributed by atoms with Gasteiger partial charge in [-0.05, 0) is 72.3 Å². The van der Waals surface area contributed by atoms with E-state index in [4.69, 9.17) is 14.6 Å². The quantitative estimate of drug-likeness (QED) is 0.454. The first-order valence-electron chi connectivity index (χ1n) is 13.2. The van der Waals surface area contributed by atoms with E-state index in [1.807, 2.05) is 43.9 Å². The van der Waals surface area contributed by atoms with E-state index < -0.39 is 5.60 Å². The van der Waals surface area contributed by atoms with Gasteiger partial charge in [0.15, 0.2) is 0 Å². The number of ether oxygens (including phenoxy) is 2. The molecule has 2 atom stereocenters. The number of fused-ring (bicyclic) bond motifs is 1. The third kappa shape index (κ3) is 5.02. The van der Waals surface area contributed by atoms with Gasteiger partial charge in [0.1, 0.15) is 28.5 Å². The summed E-state index contributed by atoms with van der Waals surface area (Å²) >= 11 is 0. The first-order chi connectivity index (χ1) is 17.6. The zero-order valence-corrected chi connectivity index (χ0v) is 22.4. The number of carbonyl (C=O) groups is 1. The number of hydrogen-bond donors (Lipinski definition) is 0. The fourth-order valence-electron chi connectivity index (χ4n) is 5.33. The topological polar surface area (TPSA) is 97.7 Å². The highest BCUT2D eigenvalue weighted by Crippen LogP contribution is 2.37. The number of carbonyl (C=O) groups excluding carboxylic acids is 1. The number of nitriles is 1. The van der Waals surface area contributed by atoms with Gasteiger partial charge in [0.25, 0.3) is 0 Å². The predicted molar refractivity (Wildman–Crippen MR) is 139 cm³/mol. The molecule has 196 valence electrons. The first kappa shape index (κ1) is 25.1. The molecule has 1 aliphatic carbocycles. The summed E-state index contributed by atoms with van der Waals surface area (Å²) in [6.07, 6.45) is 10.6. The molecule has 0 bridgehead atoms. The van der Waals surface area contributed by atoms with Crippen LogP contribution in [0, 0.1) is 24.2 Å². The van der Waals surface area contributed by atoms with E-state index in [1.54, 1.807) is 15.6 Å². The number of likely N-dealkylation sites (tertiary alicyclic amines) is 1. The maximum atomic E-state index is 12.7. The van der Waals surface area contributed by atoms with Crippen LogP contribution in [0.15, 0.2) is 24.7 Å². The van der Waals surface area contributed by atoms with Crippen LogP contribution in [-0.4, -0.2) is 55.2 Å². The molecule has 0 spiro atoms. The van der Waals surface area contributed by atoms with E-state index in [-0.39, 0.29) is 18.2 Å². The molecule has 2 fully saturated rings. The van der Waals surface area contributed by atoms with Crippen molar-refractivity contribution in [1.29, 1.82) is 5.26 Å². The number of pyridine rings is 1. The molecule has 1 saturated heterocycles. The number of aromatic nitrogens is 4. The monoisotopic (exact) mass is 504 g/mol. The van der Waals surface area contributed by atoms with E-state index in [2.05, 4.69) is 25.0 Å². The highest BCUT2D eigenvalue weighted by Gasteiger charge is 2.30. The van der Waals surface area contributed by atoms with Gasteiger partial charge in [0.05, 0.1) is 24.5 Å². The first-order valence-corrected chi connectivity index (χ1v) is 13.2. The maximum absolute atomic E-state index is 12.7. The van der Waals surface area contributed by atoms with Gasteiger partial charge < -0.3 is 14.4 Å². The van der Waals surface area contributed by atoms with Crippen LogP contribution >= 0.6 is 0 Å². The molecule has 1 aliphatic heterocycles. The summed E-state index contributed by atoms with van der Waals surface area (Å²) in [6.45, 7) is 11.1. The Bertz CT molecular complexity index is 1340. The minimum Gasteiger partial charge on any atom is -0.488 e. The molecule has 2 aliphatic rings. The van der Waals surface area contributed by atoms with E-state index in [1.165, 1.54) is 19.3 Å². The highest BCUT2D eigenvalue weighted by molar-refractivity contribution is 5.76. The van der Waals surface area contributed by atoms with E-state index in [9.17, 15) is 10.1 Å². The largest absolute Gasteiger partial charge is 0.488 e. The van der Waals surface area contributed by atoms with E-state index in [0.29, 0.717) is 35.8 Å². The van der Waals surface area contributed by atoms with Crippen molar-refractivity contribution >= 4 is 11.6 Å². The Morgan fingerprint density at radius 3 is 2.65 bits per heavy atom. The van der Waals surface area contributed by atoms with Crippen molar-refractivity contribution in [3.8, 4) is 22.9 Å². The van der Waals surface area contributed by atoms with Crippen LogP contribution in [-0.2, 0) is 4.74 Å². The molecule has 1 unspecified atom stereocenters. The number of amides is 1. The zero-order chi connectivity index (χ0) is 26.3. The number of rotatable bonds is 5. The van der Waals surface area contributed by atoms with Gasteiger partial charge in [-0.1, -0.05) is 6.42 Å². The lowest BCUT2D eigenvalue weighted by atomic mass is 9.82. The predicted octanol–water partition coefficient (Wildman–Crippen LogP) is 5.52. The average molecular weight is 505 g/mol. The summed E-state index contributed by atoms with van der Waals surface area (Å²) in [5.41, 5.74) is 3.60. The van der Waals surface area contributed by atoms with Crippen LogP contribution in [0.2, 0.25) is 0 Å². The Morgan fingerprint density at radius 2 is 1.97 bits per heavy atom. The minimum atomic E-state index is -0.523. The number of nitrogens with zero attached hydrogens (tertiary/aromatic N) is 6. The number of piperidine rings is 1. The van der Waals surface area contributed by atoms with Crippen molar-refractivity contribution in [3.05, 3.63) is 35.9 Å². The Hall–Kier alpha value is -3.54. The summed E-state index contributed by atoms with van der Waals surface area (Å²) in [5, 5.41) is 18.8. The van der Waals surface area contributed by atoms with Gasteiger partial charge in [0, 0.05) is 36.1 Å². The molecule has 0 radical (unpaired) electrons. The fourth-order valence-corrected chi connectivity index (χ4v) is 5.33. The second-order valence-corrected chi connectivity index (χ2v) is 11.4. The molecule has 1 amide bonds.